The van der Waals surface area contributed by atoms with Crippen molar-refractivity contribution in [1.29, 1.82) is 0 Å². The van der Waals surface area contributed by atoms with Crippen molar-refractivity contribution in [1.82, 2.24) is 14.8 Å². The molecule has 0 amide bonds. The lowest BCUT2D eigenvalue weighted by Gasteiger charge is -2.11. The molecule has 4 rings (SSSR count). The Hall–Kier alpha value is -2.27. The maximum Gasteiger partial charge on any atom is 0.196 e. The molecule has 0 bridgehead atoms. The van der Waals surface area contributed by atoms with Gasteiger partial charge in [0.2, 0.25) is 0 Å². The first-order chi connectivity index (χ1) is 13.6. The molecule has 0 spiro atoms. The van der Waals surface area contributed by atoms with Crippen LogP contribution >= 0.6 is 35.0 Å². The van der Waals surface area contributed by atoms with Gasteiger partial charge in [0.15, 0.2) is 11.0 Å². The minimum absolute atomic E-state index is 0.560. The van der Waals surface area contributed by atoms with Gasteiger partial charge in [-0.3, -0.25) is 4.57 Å². The third-order valence-corrected chi connectivity index (χ3v) is 6.12. The second-order valence-corrected chi connectivity index (χ2v) is 8.09. The van der Waals surface area contributed by atoms with Gasteiger partial charge in [-0.2, -0.15) is 0 Å². The number of para-hydroxylation sites is 1. The summed E-state index contributed by atoms with van der Waals surface area (Å²) in [6.07, 6.45) is 0. The van der Waals surface area contributed by atoms with Crippen LogP contribution in [0.5, 0.6) is 0 Å². The van der Waals surface area contributed by atoms with Gasteiger partial charge in [0.1, 0.15) is 0 Å². The molecule has 0 aliphatic rings. The number of thioether (sulfide) groups is 1. The quantitative estimate of drug-likeness (QED) is 0.327. The Morgan fingerprint density at radius 1 is 0.857 bits per heavy atom. The van der Waals surface area contributed by atoms with Gasteiger partial charge in [-0.15, -0.1) is 10.2 Å². The first-order valence-electron chi connectivity index (χ1n) is 8.77. The molecule has 3 aromatic carbocycles. The molecular weight excluding hydrogens is 409 g/mol. The number of aryl methyl sites for hydroxylation is 1. The van der Waals surface area contributed by atoms with Gasteiger partial charge in [-0.25, -0.2) is 0 Å². The molecule has 0 atom stereocenters. The van der Waals surface area contributed by atoms with Gasteiger partial charge >= 0.3 is 0 Å². The predicted octanol–water partition coefficient (Wildman–Crippen LogP) is 6.84. The van der Waals surface area contributed by atoms with E-state index in [1.807, 2.05) is 48.5 Å². The highest BCUT2D eigenvalue weighted by Gasteiger charge is 2.17. The zero-order valence-corrected chi connectivity index (χ0v) is 17.5. The van der Waals surface area contributed by atoms with Gasteiger partial charge in [-0.05, 0) is 42.3 Å². The summed E-state index contributed by atoms with van der Waals surface area (Å²) in [6, 6.07) is 24.1. The summed E-state index contributed by atoms with van der Waals surface area (Å²) in [7, 11) is 0. The van der Waals surface area contributed by atoms with Crippen molar-refractivity contribution in [3.05, 3.63) is 94.0 Å². The van der Waals surface area contributed by atoms with E-state index in [0.29, 0.717) is 10.0 Å². The molecule has 0 N–H and O–H groups in total. The van der Waals surface area contributed by atoms with E-state index in [1.165, 1.54) is 0 Å². The molecule has 0 fully saturated rings. The first-order valence-corrected chi connectivity index (χ1v) is 10.5. The van der Waals surface area contributed by atoms with E-state index >= 15 is 0 Å². The Bertz CT molecular complexity index is 1110. The third-order valence-electron chi connectivity index (χ3n) is 4.39. The van der Waals surface area contributed by atoms with E-state index in [2.05, 4.69) is 46.0 Å². The number of rotatable bonds is 5. The van der Waals surface area contributed by atoms with Crippen molar-refractivity contribution < 1.29 is 0 Å². The summed E-state index contributed by atoms with van der Waals surface area (Å²) in [5, 5.41) is 10.9. The molecule has 4 aromatic rings. The Balaban J connectivity index is 1.73. The molecule has 28 heavy (non-hydrogen) atoms. The normalized spacial score (nSPS) is 11.0. The summed E-state index contributed by atoms with van der Waals surface area (Å²) in [5.74, 6) is 1.55. The van der Waals surface area contributed by atoms with Crippen LogP contribution in [0.15, 0.2) is 78.0 Å². The zero-order chi connectivity index (χ0) is 19.5. The second kappa shape index (κ2) is 8.39. The lowest BCUT2D eigenvalue weighted by atomic mass is 10.1. The smallest absolute Gasteiger partial charge is 0.196 e. The SMILES string of the molecule is Cc1ccccc1-c1nnc(SCc2ccc(Cl)c(Cl)c2)n1-c1ccccc1. The number of aromatic nitrogens is 3. The summed E-state index contributed by atoms with van der Waals surface area (Å²) < 4.78 is 2.10. The van der Waals surface area contributed by atoms with Crippen LogP contribution in [-0.4, -0.2) is 14.8 Å². The Morgan fingerprint density at radius 3 is 2.36 bits per heavy atom. The topological polar surface area (TPSA) is 30.7 Å². The molecule has 6 heteroatoms. The van der Waals surface area contributed by atoms with Crippen molar-refractivity contribution in [2.24, 2.45) is 0 Å². The highest BCUT2D eigenvalue weighted by atomic mass is 35.5. The molecule has 0 aliphatic heterocycles. The summed E-state index contributed by atoms with van der Waals surface area (Å²) in [4.78, 5) is 0. The van der Waals surface area contributed by atoms with Crippen molar-refractivity contribution in [3.63, 3.8) is 0 Å². The first kappa shape index (κ1) is 19.1. The van der Waals surface area contributed by atoms with Crippen LogP contribution in [0, 0.1) is 6.92 Å². The van der Waals surface area contributed by atoms with Crippen LogP contribution < -0.4 is 0 Å². The maximum absolute atomic E-state index is 6.15. The molecule has 0 unspecified atom stereocenters. The fourth-order valence-corrected chi connectivity index (χ4v) is 4.16. The minimum Gasteiger partial charge on any atom is -0.270 e. The highest BCUT2D eigenvalue weighted by molar-refractivity contribution is 7.98. The average Bonchev–Trinajstić information content (AvgIpc) is 3.13. The molecule has 1 heterocycles. The van der Waals surface area contributed by atoms with Gasteiger partial charge in [0.05, 0.1) is 10.0 Å². The molecule has 0 radical (unpaired) electrons. The largest absolute Gasteiger partial charge is 0.270 e. The van der Waals surface area contributed by atoms with E-state index in [1.54, 1.807) is 11.8 Å². The van der Waals surface area contributed by atoms with E-state index in [0.717, 1.165) is 39.1 Å². The number of halogens is 2. The van der Waals surface area contributed by atoms with Crippen molar-refractivity contribution in [3.8, 4) is 17.1 Å². The van der Waals surface area contributed by atoms with E-state index < -0.39 is 0 Å². The Morgan fingerprint density at radius 2 is 1.61 bits per heavy atom. The van der Waals surface area contributed by atoms with Crippen LogP contribution in [0.4, 0.5) is 0 Å². The number of hydrogen-bond acceptors (Lipinski definition) is 3. The van der Waals surface area contributed by atoms with Crippen molar-refractivity contribution >= 4 is 35.0 Å². The van der Waals surface area contributed by atoms with Gasteiger partial charge in [0.25, 0.3) is 0 Å². The van der Waals surface area contributed by atoms with Crippen LogP contribution in [0.3, 0.4) is 0 Å². The zero-order valence-electron chi connectivity index (χ0n) is 15.1. The predicted molar refractivity (Wildman–Crippen MR) is 118 cm³/mol. The highest BCUT2D eigenvalue weighted by Crippen LogP contribution is 2.32. The maximum atomic E-state index is 6.15. The van der Waals surface area contributed by atoms with E-state index in [4.69, 9.17) is 23.2 Å². The van der Waals surface area contributed by atoms with Gasteiger partial charge in [0, 0.05) is 17.0 Å². The van der Waals surface area contributed by atoms with Gasteiger partial charge in [-0.1, -0.05) is 83.5 Å². The molecule has 3 nitrogen and oxygen atoms in total. The number of nitrogens with zero attached hydrogens (tertiary/aromatic N) is 3. The van der Waals surface area contributed by atoms with Crippen molar-refractivity contribution in [2.75, 3.05) is 0 Å². The lowest BCUT2D eigenvalue weighted by molar-refractivity contribution is 0.886. The van der Waals surface area contributed by atoms with Gasteiger partial charge < -0.3 is 0 Å². The fraction of sp³-hybridized carbons (Fsp3) is 0.0909. The number of benzene rings is 3. The summed E-state index contributed by atoms with van der Waals surface area (Å²) in [5.41, 5.74) is 4.34. The monoisotopic (exact) mass is 425 g/mol. The summed E-state index contributed by atoms with van der Waals surface area (Å²) in [6.45, 7) is 2.09. The van der Waals surface area contributed by atoms with Crippen LogP contribution in [0.1, 0.15) is 11.1 Å². The second-order valence-electron chi connectivity index (χ2n) is 6.33. The fourth-order valence-electron chi connectivity index (χ4n) is 2.95. The number of hydrogen-bond donors (Lipinski definition) is 0. The molecule has 1 aromatic heterocycles. The van der Waals surface area contributed by atoms with Crippen LogP contribution in [0.2, 0.25) is 10.0 Å². The Kier molecular flexibility index (Phi) is 5.72. The minimum atomic E-state index is 0.560. The standard InChI is InChI=1S/C22H17Cl2N3S/c1-15-7-5-6-10-18(15)21-25-26-22(27(21)17-8-3-2-4-9-17)28-14-16-11-12-19(23)20(24)13-16/h2-13H,14H2,1H3. The summed E-state index contributed by atoms with van der Waals surface area (Å²) >= 11 is 13.8. The molecular formula is C22H17Cl2N3S. The molecule has 140 valence electrons. The molecule has 0 saturated heterocycles. The average molecular weight is 426 g/mol. The van der Waals surface area contributed by atoms with Crippen molar-refractivity contribution in [2.45, 2.75) is 17.8 Å². The lowest BCUT2D eigenvalue weighted by Crippen LogP contribution is -2.00. The van der Waals surface area contributed by atoms with Crippen LogP contribution in [0.25, 0.3) is 17.1 Å². The molecule has 0 saturated carbocycles. The van der Waals surface area contributed by atoms with E-state index in [-0.39, 0.29) is 0 Å². The van der Waals surface area contributed by atoms with Crippen LogP contribution in [-0.2, 0) is 5.75 Å². The molecule has 0 aliphatic carbocycles. The third kappa shape index (κ3) is 3.95. The Labute approximate surface area is 178 Å². The van der Waals surface area contributed by atoms with E-state index in [9.17, 15) is 0 Å².